The standard InChI is InChI=1S/C46H68N6O10/c1-31(2)28-35(48-38(54)36(29-32-18-12-10-13-19-32)49-41(58)51(9)30-33-20-14-11-15-21-33)37(53)34(22-16-17-25-47-42(59)61-44(3,4)5)39(55)52-26-23-46(24-27-52,40(56)57)50-43(60)62-45(6,7)8/h10-15,18-21,31,34-36H,16-17,22-30H2,1-9H3,(H,47,59)(H,48,54)(H,49,58)(H,50,60)(H,56,57). The molecule has 1 fully saturated rings. The summed E-state index contributed by atoms with van der Waals surface area (Å²) >= 11 is 0. The first-order valence-corrected chi connectivity index (χ1v) is 21.4. The van der Waals surface area contributed by atoms with Crippen LogP contribution >= 0.6 is 0 Å². The van der Waals surface area contributed by atoms with Gasteiger partial charge in [0, 0.05) is 39.6 Å². The molecule has 3 unspecified atom stereocenters. The minimum atomic E-state index is -1.70. The van der Waals surface area contributed by atoms with Crippen LogP contribution in [0.5, 0.6) is 0 Å². The summed E-state index contributed by atoms with van der Waals surface area (Å²) in [6, 6.07) is 15.9. The van der Waals surface area contributed by atoms with Crippen LogP contribution in [0.1, 0.15) is 105 Å². The number of amides is 6. The smallest absolute Gasteiger partial charge is 0.408 e. The number of likely N-dealkylation sites (tertiary alicyclic amines) is 1. The molecule has 0 bridgehead atoms. The summed E-state index contributed by atoms with van der Waals surface area (Å²) < 4.78 is 10.6. The van der Waals surface area contributed by atoms with Crippen molar-refractivity contribution in [2.45, 2.75) is 136 Å². The van der Waals surface area contributed by atoms with Gasteiger partial charge in [-0.3, -0.25) is 14.4 Å². The second-order valence-electron chi connectivity index (χ2n) is 18.4. The lowest BCUT2D eigenvalue weighted by molar-refractivity contribution is -0.152. The number of ketones is 1. The second-order valence-corrected chi connectivity index (χ2v) is 18.4. The topological polar surface area (TPSA) is 213 Å². The number of carbonyl (C=O) groups is 7. The minimum Gasteiger partial charge on any atom is -0.480 e. The number of hydrogen-bond acceptors (Lipinski definition) is 9. The van der Waals surface area contributed by atoms with E-state index in [0.29, 0.717) is 19.4 Å². The number of rotatable bonds is 19. The normalized spacial score (nSPS) is 15.3. The van der Waals surface area contributed by atoms with E-state index in [2.05, 4.69) is 21.3 Å². The number of benzene rings is 2. The maximum Gasteiger partial charge on any atom is 0.408 e. The predicted octanol–water partition coefficient (Wildman–Crippen LogP) is 5.82. The van der Waals surface area contributed by atoms with E-state index in [4.69, 9.17) is 9.47 Å². The Bertz CT molecular complexity index is 1820. The molecule has 1 saturated heterocycles. The molecule has 16 heteroatoms. The van der Waals surface area contributed by atoms with Gasteiger partial charge in [0.2, 0.25) is 11.8 Å². The Balaban J connectivity index is 1.87. The van der Waals surface area contributed by atoms with Crippen molar-refractivity contribution in [3.63, 3.8) is 0 Å². The van der Waals surface area contributed by atoms with E-state index < -0.39 is 76.5 Å². The fraction of sp³-hybridized carbons (Fsp3) is 0.587. The maximum atomic E-state index is 14.7. The molecule has 2 aromatic carbocycles. The van der Waals surface area contributed by atoms with Crippen molar-refractivity contribution >= 4 is 41.8 Å². The summed E-state index contributed by atoms with van der Waals surface area (Å²) in [6.45, 7) is 14.4. The first kappa shape index (κ1) is 50.7. The molecule has 16 nitrogen and oxygen atoms in total. The Morgan fingerprint density at radius 1 is 0.774 bits per heavy atom. The molecule has 3 rings (SSSR count). The first-order valence-electron chi connectivity index (χ1n) is 21.4. The molecule has 1 heterocycles. The molecule has 1 aliphatic heterocycles. The molecule has 62 heavy (non-hydrogen) atoms. The van der Waals surface area contributed by atoms with Gasteiger partial charge in [-0.2, -0.15) is 0 Å². The van der Waals surface area contributed by atoms with Gasteiger partial charge in [-0.1, -0.05) is 80.9 Å². The van der Waals surface area contributed by atoms with E-state index in [1.807, 2.05) is 74.5 Å². The molecule has 2 aromatic rings. The SMILES string of the molecule is CC(C)CC(NC(=O)C(Cc1ccccc1)NC(=O)N(C)Cc1ccccc1)C(=O)C(CCCCNC(=O)OC(C)(C)C)C(=O)N1CCC(NC(=O)OC(C)(C)C)(C(=O)O)CC1. The summed E-state index contributed by atoms with van der Waals surface area (Å²) in [6.07, 6.45) is -0.637. The first-order chi connectivity index (χ1) is 29.0. The Kier molecular flexibility index (Phi) is 18.8. The Morgan fingerprint density at radius 2 is 1.32 bits per heavy atom. The molecule has 342 valence electrons. The van der Waals surface area contributed by atoms with Crippen LogP contribution in [0, 0.1) is 11.8 Å². The van der Waals surface area contributed by atoms with Gasteiger partial charge in [-0.05, 0) is 90.7 Å². The molecule has 0 radical (unpaired) electrons. The number of nitrogens with zero attached hydrogens (tertiary/aromatic N) is 2. The van der Waals surface area contributed by atoms with Crippen LogP contribution in [0.3, 0.4) is 0 Å². The number of nitrogens with one attached hydrogen (secondary N) is 4. The number of hydrogen-bond donors (Lipinski definition) is 5. The van der Waals surface area contributed by atoms with Gasteiger partial charge in [0.05, 0.1) is 12.0 Å². The number of aliphatic carboxylic acids is 1. The van der Waals surface area contributed by atoms with E-state index >= 15 is 0 Å². The number of ether oxygens (including phenoxy) is 2. The minimum absolute atomic E-state index is 0.0727. The molecule has 0 aliphatic carbocycles. The lowest BCUT2D eigenvalue weighted by Crippen LogP contribution is -2.62. The van der Waals surface area contributed by atoms with Crippen LogP contribution < -0.4 is 21.3 Å². The fourth-order valence-electron chi connectivity index (χ4n) is 7.07. The molecule has 0 aromatic heterocycles. The van der Waals surface area contributed by atoms with Crippen LogP contribution in [0.4, 0.5) is 14.4 Å². The Morgan fingerprint density at radius 3 is 1.85 bits per heavy atom. The summed E-state index contributed by atoms with van der Waals surface area (Å²) in [7, 11) is 1.62. The molecule has 5 N–H and O–H groups in total. The van der Waals surface area contributed by atoms with Crippen LogP contribution in [-0.4, -0.2) is 112 Å². The van der Waals surface area contributed by atoms with Crippen molar-refractivity contribution in [3.8, 4) is 0 Å². The zero-order valence-corrected chi connectivity index (χ0v) is 37.9. The zero-order chi connectivity index (χ0) is 46.3. The van der Waals surface area contributed by atoms with Crippen molar-refractivity contribution in [1.29, 1.82) is 0 Å². The lowest BCUT2D eigenvalue weighted by atomic mass is 9.84. The highest BCUT2D eigenvalue weighted by molar-refractivity contribution is 6.05. The number of urea groups is 1. The average molecular weight is 865 g/mol. The third-order valence-electron chi connectivity index (χ3n) is 10.2. The quantitative estimate of drug-likeness (QED) is 0.0843. The van der Waals surface area contributed by atoms with Gasteiger partial charge < -0.3 is 45.6 Å². The van der Waals surface area contributed by atoms with E-state index in [9.17, 15) is 38.7 Å². The van der Waals surface area contributed by atoms with Crippen molar-refractivity contribution in [1.82, 2.24) is 31.1 Å². The third-order valence-corrected chi connectivity index (χ3v) is 10.2. The van der Waals surface area contributed by atoms with E-state index in [0.717, 1.165) is 11.1 Å². The Labute approximate surface area is 366 Å². The van der Waals surface area contributed by atoms with Gasteiger partial charge in [-0.15, -0.1) is 0 Å². The third kappa shape index (κ3) is 17.0. The van der Waals surface area contributed by atoms with E-state index in [-0.39, 0.29) is 57.7 Å². The van der Waals surface area contributed by atoms with Gasteiger partial charge in [-0.25, -0.2) is 19.2 Å². The molecule has 0 saturated carbocycles. The van der Waals surface area contributed by atoms with Gasteiger partial charge in [0.1, 0.15) is 22.8 Å². The number of piperidine rings is 1. The average Bonchev–Trinajstić information content (AvgIpc) is 3.17. The van der Waals surface area contributed by atoms with Crippen LogP contribution in [0.2, 0.25) is 0 Å². The lowest BCUT2D eigenvalue weighted by Gasteiger charge is -2.40. The summed E-state index contributed by atoms with van der Waals surface area (Å²) in [4.78, 5) is 97.4. The number of carboxylic acid groups (broad SMARTS) is 1. The summed E-state index contributed by atoms with van der Waals surface area (Å²) in [5.41, 5.74) is -1.59. The van der Waals surface area contributed by atoms with Crippen molar-refractivity contribution < 1.29 is 48.1 Å². The van der Waals surface area contributed by atoms with Gasteiger partial charge >= 0.3 is 24.2 Å². The van der Waals surface area contributed by atoms with Crippen LogP contribution in [0.15, 0.2) is 60.7 Å². The monoisotopic (exact) mass is 864 g/mol. The molecule has 1 aliphatic rings. The van der Waals surface area contributed by atoms with E-state index in [1.165, 1.54) is 9.80 Å². The highest BCUT2D eigenvalue weighted by Crippen LogP contribution is 2.27. The molecule has 3 atom stereocenters. The van der Waals surface area contributed by atoms with E-state index in [1.54, 1.807) is 48.6 Å². The molecule has 6 amide bonds. The summed E-state index contributed by atoms with van der Waals surface area (Å²) in [5.74, 6) is -4.27. The maximum absolute atomic E-state index is 14.7. The van der Waals surface area contributed by atoms with Crippen LogP contribution in [-0.2, 0) is 41.6 Å². The van der Waals surface area contributed by atoms with Crippen molar-refractivity contribution in [2.24, 2.45) is 11.8 Å². The van der Waals surface area contributed by atoms with Crippen LogP contribution in [0.25, 0.3) is 0 Å². The van der Waals surface area contributed by atoms with Crippen molar-refractivity contribution in [2.75, 3.05) is 26.7 Å². The number of unbranched alkanes of at least 4 members (excludes halogenated alkanes) is 1. The molecular weight excluding hydrogens is 797 g/mol. The van der Waals surface area contributed by atoms with Gasteiger partial charge in [0.15, 0.2) is 5.78 Å². The van der Waals surface area contributed by atoms with Crippen molar-refractivity contribution in [3.05, 3.63) is 71.8 Å². The predicted molar refractivity (Wildman–Crippen MR) is 234 cm³/mol. The highest BCUT2D eigenvalue weighted by Gasteiger charge is 2.46. The molecular formula is C46H68N6O10. The number of carbonyl (C=O) groups excluding carboxylic acids is 6. The second kappa shape index (κ2) is 23.0. The summed E-state index contributed by atoms with van der Waals surface area (Å²) in [5, 5.41) is 21.2. The largest absolute Gasteiger partial charge is 0.480 e. The zero-order valence-electron chi connectivity index (χ0n) is 37.9. The van der Waals surface area contributed by atoms with Gasteiger partial charge in [0.25, 0.3) is 0 Å². The number of carboxylic acids is 1. The highest BCUT2D eigenvalue weighted by atomic mass is 16.6. The molecule has 0 spiro atoms. The fourth-order valence-corrected chi connectivity index (χ4v) is 7.07. The number of Topliss-reactive ketones (excluding diaryl/α,β-unsaturated/α-hetero) is 1. The number of alkyl carbamates (subject to hydrolysis) is 2. The Hall–Kier alpha value is -5.67.